The van der Waals surface area contributed by atoms with Crippen molar-refractivity contribution in [2.45, 2.75) is 31.5 Å². The van der Waals surface area contributed by atoms with Crippen LogP contribution in [0.25, 0.3) is 0 Å². The fourth-order valence-electron chi connectivity index (χ4n) is 2.64. The lowest BCUT2D eigenvalue weighted by Gasteiger charge is -2.30. The van der Waals surface area contributed by atoms with Crippen LogP contribution in [-0.4, -0.2) is 26.2 Å². The molecule has 1 aromatic carbocycles. The van der Waals surface area contributed by atoms with Crippen molar-refractivity contribution in [3.63, 3.8) is 0 Å². The standard InChI is InChI=1S/C15H18F3N3/c1-21(10-13-4-2-3-7-20-13)14-6-5-12(15(16,17)18)8-11(14)9-19/h5-6,8,13,20H,2-4,7,10H2,1H3. The second kappa shape index (κ2) is 6.35. The molecule has 1 atom stereocenters. The fraction of sp³-hybridized carbons (Fsp3) is 0.533. The van der Waals surface area contributed by atoms with Crippen molar-refractivity contribution in [1.29, 1.82) is 5.26 Å². The van der Waals surface area contributed by atoms with Crippen molar-refractivity contribution in [3.8, 4) is 6.07 Å². The van der Waals surface area contributed by atoms with E-state index in [-0.39, 0.29) is 5.56 Å². The molecule has 1 saturated heterocycles. The van der Waals surface area contributed by atoms with Crippen LogP contribution in [0.3, 0.4) is 0 Å². The monoisotopic (exact) mass is 297 g/mol. The van der Waals surface area contributed by atoms with Gasteiger partial charge in [0.05, 0.1) is 16.8 Å². The number of likely N-dealkylation sites (N-methyl/N-ethyl adjacent to an activating group) is 1. The van der Waals surface area contributed by atoms with Crippen molar-refractivity contribution in [2.75, 3.05) is 25.0 Å². The van der Waals surface area contributed by atoms with Gasteiger partial charge in [-0.05, 0) is 37.6 Å². The lowest BCUT2D eigenvalue weighted by atomic mass is 10.0. The maximum absolute atomic E-state index is 12.7. The van der Waals surface area contributed by atoms with Gasteiger partial charge in [-0.1, -0.05) is 6.42 Å². The maximum Gasteiger partial charge on any atom is 0.416 e. The van der Waals surface area contributed by atoms with Crippen LogP contribution in [0.5, 0.6) is 0 Å². The molecule has 1 aliphatic heterocycles. The van der Waals surface area contributed by atoms with Crippen LogP contribution in [0, 0.1) is 11.3 Å². The number of anilines is 1. The zero-order valence-corrected chi connectivity index (χ0v) is 11.9. The molecule has 0 bridgehead atoms. The van der Waals surface area contributed by atoms with Crippen LogP contribution >= 0.6 is 0 Å². The Kier molecular flexibility index (Phi) is 4.73. The van der Waals surface area contributed by atoms with E-state index in [9.17, 15) is 13.2 Å². The summed E-state index contributed by atoms with van der Waals surface area (Å²) in [7, 11) is 1.81. The number of alkyl halides is 3. The number of halogens is 3. The van der Waals surface area contributed by atoms with Crippen LogP contribution in [0.2, 0.25) is 0 Å². The highest BCUT2D eigenvalue weighted by Gasteiger charge is 2.31. The van der Waals surface area contributed by atoms with E-state index < -0.39 is 11.7 Å². The molecule has 0 saturated carbocycles. The van der Waals surface area contributed by atoms with Crippen LogP contribution in [0.1, 0.15) is 30.4 Å². The van der Waals surface area contributed by atoms with E-state index in [0.29, 0.717) is 18.3 Å². The smallest absolute Gasteiger partial charge is 0.372 e. The molecule has 0 radical (unpaired) electrons. The molecule has 0 aromatic heterocycles. The largest absolute Gasteiger partial charge is 0.416 e. The summed E-state index contributed by atoms with van der Waals surface area (Å²) < 4.78 is 38.0. The summed E-state index contributed by atoms with van der Waals surface area (Å²) in [6, 6.07) is 5.51. The van der Waals surface area contributed by atoms with E-state index in [2.05, 4.69) is 5.32 Å². The number of hydrogen-bond donors (Lipinski definition) is 1. The van der Waals surface area contributed by atoms with Gasteiger partial charge in [0.1, 0.15) is 6.07 Å². The van der Waals surface area contributed by atoms with Crippen LogP contribution in [0.4, 0.5) is 18.9 Å². The predicted octanol–water partition coefficient (Wildman–Crippen LogP) is 3.16. The predicted molar refractivity (Wildman–Crippen MR) is 75.1 cm³/mol. The van der Waals surface area contributed by atoms with Gasteiger partial charge < -0.3 is 10.2 Å². The molecule has 0 amide bonds. The Hall–Kier alpha value is -1.74. The van der Waals surface area contributed by atoms with Gasteiger partial charge in [-0.3, -0.25) is 0 Å². The van der Waals surface area contributed by atoms with Gasteiger partial charge in [-0.2, -0.15) is 18.4 Å². The lowest BCUT2D eigenvalue weighted by molar-refractivity contribution is -0.137. The summed E-state index contributed by atoms with van der Waals surface area (Å²) in [4.78, 5) is 1.85. The molecule has 1 N–H and O–H groups in total. The van der Waals surface area contributed by atoms with Crippen molar-refractivity contribution >= 4 is 5.69 Å². The van der Waals surface area contributed by atoms with Gasteiger partial charge in [-0.15, -0.1) is 0 Å². The Morgan fingerprint density at radius 2 is 2.14 bits per heavy atom. The second-order valence-corrected chi connectivity index (χ2v) is 5.37. The number of piperidine rings is 1. The Morgan fingerprint density at radius 1 is 1.38 bits per heavy atom. The first-order valence-electron chi connectivity index (χ1n) is 6.97. The lowest BCUT2D eigenvalue weighted by Crippen LogP contribution is -2.42. The Balaban J connectivity index is 2.16. The molecule has 21 heavy (non-hydrogen) atoms. The number of rotatable bonds is 3. The highest BCUT2D eigenvalue weighted by molar-refractivity contribution is 5.60. The average molecular weight is 297 g/mol. The molecule has 1 aliphatic rings. The van der Waals surface area contributed by atoms with E-state index in [1.165, 1.54) is 6.07 Å². The number of benzene rings is 1. The normalized spacial score (nSPS) is 19.1. The molecular weight excluding hydrogens is 279 g/mol. The topological polar surface area (TPSA) is 39.1 Å². The summed E-state index contributed by atoms with van der Waals surface area (Å²) in [6.07, 6.45) is -1.06. The maximum atomic E-state index is 12.7. The molecule has 0 spiro atoms. The van der Waals surface area contributed by atoms with Gasteiger partial charge in [0, 0.05) is 19.6 Å². The SMILES string of the molecule is CN(CC1CCCCN1)c1ccc(C(F)(F)F)cc1C#N. The third kappa shape index (κ3) is 3.88. The van der Waals surface area contributed by atoms with Crippen molar-refractivity contribution in [3.05, 3.63) is 29.3 Å². The summed E-state index contributed by atoms with van der Waals surface area (Å²) in [5.41, 5.74) is -0.187. The van der Waals surface area contributed by atoms with Crippen LogP contribution in [-0.2, 0) is 6.18 Å². The average Bonchev–Trinajstić information content (AvgIpc) is 2.46. The first-order valence-corrected chi connectivity index (χ1v) is 6.97. The van der Waals surface area contributed by atoms with E-state index in [1.807, 2.05) is 11.0 Å². The minimum atomic E-state index is -4.42. The summed E-state index contributed by atoms with van der Waals surface area (Å²) in [5.74, 6) is 0. The highest BCUT2D eigenvalue weighted by atomic mass is 19.4. The van der Waals surface area contributed by atoms with E-state index >= 15 is 0 Å². The van der Waals surface area contributed by atoms with Gasteiger partial charge in [-0.25, -0.2) is 0 Å². The summed E-state index contributed by atoms with van der Waals surface area (Å²) >= 11 is 0. The molecule has 1 aromatic rings. The molecule has 0 aliphatic carbocycles. The molecule has 1 unspecified atom stereocenters. The molecule has 2 rings (SSSR count). The Labute approximate surface area is 122 Å². The molecule has 1 heterocycles. The molecule has 114 valence electrons. The second-order valence-electron chi connectivity index (χ2n) is 5.37. The molecular formula is C15H18F3N3. The van der Waals surface area contributed by atoms with Crippen LogP contribution < -0.4 is 10.2 Å². The highest BCUT2D eigenvalue weighted by Crippen LogP contribution is 2.32. The number of nitriles is 1. The first-order chi connectivity index (χ1) is 9.91. The van der Waals surface area contributed by atoms with Crippen LogP contribution in [0.15, 0.2) is 18.2 Å². The van der Waals surface area contributed by atoms with E-state index in [0.717, 1.165) is 37.9 Å². The zero-order valence-electron chi connectivity index (χ0n) is 11.9. The van der Waals surface area contributed by atoms with Gasteiger partial charge in [0.15, 0.2) is 0 Å². The minimum Gasteiger partial charge on any atom is -0.372 e. The van der Waals surface area contributed by atoms with Crippen molar-refractivity contribution < 1.29 is 13.2 Å². The molecule has 6 heteroatoms. The quantitative estimate of drug-likeness (QED) is 0.931. The zero-order chi connectivity index (χ0) is 15.5. The number of nitrogens with zero attached hydrogens (tertiary/aromatic N) is 2. The first kappa shape index (κ1) is 15.6. The number of hydrogen-bond acceptors (Lipinski definition) is 3. The molecule has 1 fully saturated rings. The van der Waals surface area contributed by atoms with E-state index in [4.69, 9.17) is 5.26 Å². The minimum absolute atomic E-state index is 0.0585. The van der Waals surface area contributed by atoms with Gasteiger partial charge in [0.25, 0.3) is 0 Å². The fourth-order valence-corrected chi connectivity index (χ4v) is 2.64. The summed E-state index contributed by atoms with van der Waals surface area (Å²) in [6.45, 7) is 1.65. The van der Waals surface area contributed by atoms with E-state index in [1.54, 1.807) is 7.05 Å². The third-order valence-electron chi connectivity index (χ3n) is 3.76. The Bertz CT molecular complexity index is 528. The Morgan fingerprint density at radius 3 is 2.71 bits per heavy atom. The van der Waals surface area contributed by atoms with Crippen molar-refractivity contribution in [1.82, 2.24) is 5.32 Å². The summed E-state index contributed by atoms with van der Waals surface area (Å²) in [5, 5.41) is 12.5. The third-order valence-corrected chi connectivity index (χ3v) is 3.76. The molecule has 3 nitrogen and oxygen atoms in total. The van der Waals surface area contributed by atoms with Crippen molar-refractivity contribution in [2.24, 2.45) is 0 Å². The van der Waals surface area contributed by atoms with Gasteiger partial charge in [0.2, 0.25) is 0 Å². The van der Waals surface area contributed by atoms with Gasteiger partial charge >= 0.3 is 6.18 Å². The number of nitrogens with one attached hydrogen (secondary N) is 1.